The fourth-order valence-corrected chi connectivity index (χ4v) is 3.27. The first-order valence-corrected chi connectivity index (χ1v) is 10.4. The zero-order chi connectivity index (χ0) is 21.2. The molecule has 0 saturated carbocycles. The molecule has 0 spiro atoms. The average Bonchev–Trinajstić information content (AvgIpc) is 2.79. The highest BCUT2D eigenvalue weighted by atomic mass is 35.5. The van der Waals surface area contributed by atoms with Crippen molar-refractivity contribution in [1.82, 2.24) is 0 Å². The zero-order valence-corrected chi connectivity index (χ0v) is 17.9. The van der Waals surface area contributed by atoms with Gasteiger partial charge < -0.3 is 5.73 Å². The van der Waals surface area contributed by atoms with Crippen LogP contribution in [0.3, 0.4) is 0 Å². The summed E-state index contributed by atoms with van der Waals surface area (Å²) in [7, 11) is 0. The molecular formula is C28H26ClN. The van der Waals surface area contributed by atoms with Crippen molar-refractivity contribution in [3.63, 3.8) is 0 Å². The summed E-state index contributed by atoms with van der Waals surface area (Å²) in [5.74, 6) is 0. The third-order valence-electron chi connectivity index (χ3n) is 4.68. The molecule has 30 heavy (non-hydrogen) atoms. The van der Waals surface area contributed by atoms with Crippen LogP contribution >= 0.6 is 11.6 Å². The lowest BCUT2D eigenvalue weighted by Gasteiger charge is -2.02. The fraction of sp³-hybridized carbons (Fsp3) is 0.0714. The van der Waals surface area contributed by atoms with Crippen molar-refractivity contribution in [2.45, 2.75) is 13.3 Å². The van der Waals surface area contributed by atoms with E-state index in [0.717, 1.165) is 22.7 Å². The van der Waals surface area contributed by atoms with Crippen molar-refractivity contribution < 1.29 is 0 Å². The monoisotopic (exact) mass is 411 g/mol. The number of halogens is 1. The minimum atomic E-state index is 0.781. The predicted molar refractivity (Wildman–Crippen MR) is 130 cm³/mol. The van der Waals surface area contributed by atoms with Crippen molar-refractivity contribution in [3.05, 3.63) is 137 Å². The van der Waals surface area contributed by atoms with Gasteiger partial charge >= 0.3 is 0 Å². The van der Waals surface area contributed by atoms with Gasteiger partial charge in [-0.2, -0.15) is 0 Å². The Morgan fingerprint density at radius 3 is 1.97 bits per heavy atom. The standard InChI is InChI=1S/C15H15N.C13H11Cl/c16-15(14-9-5-2-6-10-14)12-11-13-7-3-1-4-8-13;1-10-4-2-5-11(8-10)12-6-3-7-13(14)9-12/h1-10,12H,11,16H2;2-9H,1H3/b15-12-;. The molecule has 0 bridgehead atoms. The van der Waals surface area contributed by atoms with E-state index in [9.17, 15) is 0 Å². The van der Waals surface area contributed by atoms with Crippen LogP contribution in [0, 0.1) is 6.92 Å². The number of benzene rings is 4. The van der Waals surface area contributed by atoms with Crippen LogP contribution in [-0.4, -0.2) is 0 Å². The quantitative estimate of drug-likeness (QED) is 0.368. The lowest BCUT2D eigenvalue weighted by atomic mass is 10.0. The molecule has 0 aliphatic rings. The van der Waals surface area contributed by atoms with Gasteiger partial charge in [0.2, 0.25) is 0 Å². The van der Waals surface area contributed by atoms with E-state index in [1.54, 1.807) is 0 Å². The van der Waals surface area contributed by atoms with Crippen LogP contribution in [0.15, 0.2) is 115 Å². The molecule has 4 rings (SSSR count). The first-order valence-electron chi connectivity index (χ1n) is 9.99. The van der Waals surface area contributed by atoms with Gasteiger partial charge in [0, 0.05) is 10.7 Å². The van der Waals surface area contributed by atoms with E-state index < -0.39 is 0 Å². The van der Waals surface area contributed by atoms with Crippen LogP contribution < -0.4 is 5.73 Å². The first-order chi connectivity index (χ1) is 14.6. The molecule has 0 atom stereocenters. The summed E-state index contributed by atoms with van der Waals surface area (Å²) in [6.07, 6.45) is 2.94. The highest BCUT2D eigenvalue weighted by Gasteiger charge is 1.97. The van der Waals surface area contributed by atoms with Crippen molar-refractivity contribution in [1.29, 1.82) is 0 Å². The number of allylic oxidation sites excluding steroid dienone is 1. The molecule has 0 aromatic heterocycles. The summed E-state index contributed by atoms with van der Waals surface area (Å²) < 4.78 is 0. The first kappa shape index (κ1) is 21.4. The van der Waals surface area contributed by atoms with Gasteiger partial charge in [-0.15, -0.1) is 0 Å². The molecule has 0 aliphatic heterocycles. The van der Waals surface area contributed by atoms with Gasteiger partial charge in [0.05, 0.1) is 0 Å². The molecule has 4 aromatic carbocycles. The average molecular weight is 412 g/mol. The molecular weight excluding hydrogens is 386 g/mol. The molecule has 0 heterocycles. The van der Waals surface area contributed by atoms with Gasteiger partial charge in [-0.05, 0) is 47.7 Å². The molecule has 2 heteroatoms. The minimum absolute atomic E-state index is 0.781. The van der Waals surface area contributed by atoms with Crippen molar-refractivity contribution >= 4 is 17.3 Å². The summed E-state index contributed by atoms with van der Waals surface area (Å²) in [5, 5.41) is 0.781. The topological polar surface area (TPSA) is 26.0 Å². The van der Waals surface area contributed by atoms with Gasteiger partial charge in [-0.25, -0.2) is 0 Å². The highest BCUT2D eigenvalue weighted by Crippen LogP contribution is 2.23. The molecule has 0 aliphatic carbocycles. The molecule has 4 aromatic rings. The molecule has 0 radical (unpaired) electrons. The summed E-state index contributed by atoms with van der Waals surface area (Å²) in [6.45, 7) is 2.09. The SMILES string of the molecule is Cc1cccc(-c2cccc(Cl)c2)c1.N/C(=C\Cc1ccccc1)c1ccccc1. The van der Waals surface area contributed by atoms with Crippen molar-refractivity contribution in [2.24, 2.45) is 5.73 Å². The molecule has 0 unspecified atom stereocenters. The number of rotatable bonds is 4. The van der Waals surface area contributed by atoms with Crippen molar-refractivity contribution in [2.75, 3.05) is 0 Å². The molecule has 1 nitrogen and oxygen atoms in total. The van der Waals surface area contributed by atoms with E-state index in [0.29, 0.717) is 0 Å². The maximum Gasteiger partial charge on any atom is 0.0412 e. The van der Waals surface area contributed by atoms with Gasteiger partial charge in [0.25, 0.3) is 0 Å². The molecule has 2 N–H and O–H groups in total. The highest BCUT2D eigenvalue weighted by molar-refractivity contribution is 6.30. The fourth-order valence-electron chi connectivity index (χ4n) is 3.08. The van der Waals surface area contributed by atoms with E-state index in [2.05, 4.69) is 55.5 Å². The third-order valence-corrected chi connectivity index (χ3v) is 4.92. The summed E-state index contributed by atoms with van der Waals surface area (Å²) in [6, 6.07) is 36.7. The van der Waals surface area contributed by atoms with E-state index in [-0.39, 0.29) is 0 Å². The Labute approximate surface area is 184 Å². The molecule has 0 saturated heterocycles. The second-order valence-corrected chi connectivity index (χ2v) is 7.53. The number of aryl methyl sites for hydroxylation is 1. The Morgan fingerprint density at radius 2 is 1.33 bits per heavy atom. The predicted octanol–water partition coefficient (Wildman–Crippen LogP) is 7.54. The van der Waals surface area contributed by atoms with Crippen molar-refractivity contribution in [3.8, 4) is 11.1 Å². The van der Waals surface area contributed by atoms with Gasteiger partial charge in [0.15, 0.2) is 0 Å². The Morgan fingerprint density at radius 1 is 0.733 bits per heavy atom. The lowest BCUT2D eigenvalue weighted by Crippen LogP contribution is -1.96. The summed E-state index contributed by atoms with van der Waals surface area (Å²) in [5.41, 5.74) is 12.9. The maximum absolute atomic E-state index is 6.00. The van der Waals surface area contributed by atoms with E-state index in [4.69, 9.17) is 17.3 Å². The minimum Gasteiger partial charge on any atom is -0.398 e. The number of hydrogen-bond acceptors (Lipinski definition) is 1. The van der Waals surface area contributed by atoms with Gasteiger partial charge in [0.1, 0.15) is 0 Å². The van der Waals surface area contributed by atoms with Crippen LogP contribution in [0.1, 0.15) is 16.7 Å². The summed E-state index contributed by atoms with van der Waals surface area (Å²) in [4.78, 5) is 0. The largest absolute Gasteiger partial charge is 0.398 e. The van der Waals surface area contributed by atoms with E-state index in [1.807, 2.05) is 66.7 Å². The Bertz CT molecular complexity index is 1040. The smallest absolute Gasteiger partial charge is 0.0412 e. The zero-order valence-electron chi connectivity index (χ0n) is 17.1. The second kappa shape index (κ2) is 11.0. The Balaban J connectivity index is 0.000000172. The summed E-state index contributed by atoms with van der Waals surface area (Å²) >= 11 is 5.93. The van der Waals surface area contributed by atoms with Gasteiger partial charge in [-0.1, -0.05) is 120 Å². The maximum atomic E-state index is 6.00. The van der Waals surface area contributed by atoms with E-state index >= 15 is 0 Å². The third kappa shape index (κ3) is 6.65. The molecule has 0 amide bonds. The van der Waals surface area contributed by atoms with Gasteiger partial charge in [-0.3, -0.25) is 0 Å². The van der Waals surface area contributed by atoms with Crippen LogP contribution in [0.2, 0.25) is 5.02 Å². The van der Waals surface area contributed by atoms with Crippen LogP contribution in [0.25, 0.3) is 16.8 Å². The number of hydrogen-bond donors (Lipinski definition) is 1. The van der Waals surface area contributed by atoms with Crippen LogP contribution in [0.5, 0.6) is 0 Å². The Hall–Kier alpha value is -3.29. The Kier molecular flexibility index (Phi) is 7.88. The van der Waals surface area contributed by atoms with Crippen LogP contribution in [-0.2, 0) is 6.42 Å². The van der Waals surface area contributed by atoms with E-state index in [1.165, 1.54) is 22.3 Å². The second-order valence-electron chi connectivity index (χ2n) is 7.10. The number of nitrogens with two attached hydrogens (primary N) is 1. The normalized spacial score (nSPS) is 10.8. The molecule has 150 valence electrons. The lowest BCUT2D eigenvalue weighted by molar-refractivity contribution is 1.26. The molecule has 0 fully saturated rings. The van der Waals surface area contributed by atoms with Crippen LogP contribution in [0.4, 0.5) is 0 Å².